The molecule has 0 atom stereocenters. The molecule has 3 aromatic rings. The van der Waals surface area contributed by atoms with Gasteiger partial charge in [-0.05, 0) is 37.6 Å². The molecule has 0 aliphatic rings. The number of aromatic nitrogens is 3. The van der Waals surface area contributed by atoms with E-state index in [1.54, 1.807) is 12.4 Å². The molecule has 7 heteroatoms. The zero-order valence-electron chi connectivity index (χ0n) is 15.5. The number of benzene rings is 1. The number of amides is 2. The second kappa shape index (κ2) is 7.43. The van der Waals surface area contributed by atoms with Gasteiger partial charge in [0.15, 0.2) is 5.65 Å². The number of urea groups is 1. The van der Waals surface area contributed by atoms with E-state index in [-0.39, 0.29) is 12.1 Å². The molecule has 1 aromatic carbocycles. The maximum Gasteiger partial charge on any atom is 0.319 e. The number of nitrogens with zero attached hydrogens (tertiary/aromatic N) is 4. The number of pyridine rings is 1. The minimum Gasteiger partial charge on any atom is -0.378 e. The van der Waals surface area contributed by atoms with Crippen molar-refractivity contribution in [1.29, 1.82) is 0 Å². The zero-order chi connectivity index (χ0) is 18.7. The van der Waals surface area contributed by atoms with Crippen molar-refractivity contribution in [2.45, 2.75) is 26.4 Å². The van der Waals surface area contributed by atoms with Crippen LogP contribution in [0.15, 0.2) is 42.7 Å². The third-order valence-corrected chi connectivity index (χ3v) is 4.09. The van der Waals surface area contributed by atoms with Crippen molar-refractivity contribution in [2.24, 2.45) is 0 Å². The molecule has 2 aromatic heterocycles. The Balaban J connectivity index is 1.60. The first-order valence-electron chi connectivity index (χ1n) is 8.58. The normalized spacial score (nSPS) is 11.0. The highest BCUT2D eigenvalue weighted by atomic mass is 16.2. The van der Waals surface area contributed by atoms with Crippen LogP contribution in [0, 0.1) is 0 Å². The molecule has 0 unspecified atom stereocenters. The highest BCUT2D eigenvalue weighted by molar-refractivity contribution is 5.91. The maximum absolute atomic E-state index is 12.1. The largest absolute Gasteiger partial charge is 0.378 e. The average Bonchev–Trinajstić information content (AvgIpc) is 3.03. The minimum absolute atomic E-state index is 0.237. The van der Waals surface area contributed by atoms with Gasteiger partial charge in [0.25, 0.3) is 0 Å². The molecule has 0 aliphatic carbocycles. The molecule has 3 rings (SSSR count). The SMILES string of the molecule is CC(C)n1ncc2cc(NC(=O)NCc3ccc(N(C)C)cc3)cnc21. The second-order valence-corrected chi connectivity index (χ2v) is 6.69. The van der Waals surface area contributed by atoms with Gasteiger partial charge in [0.2, 0.25) is 0 Å². The Bertz CT molecular complexity index is 898. The molecule has 0 saturated heterocycles. The van der Waals surface area contributed by atoms with Crippen molar-refractivity contribution >= 4 is 28.4 Å². The number of anilines is 2. The van der Waals surface area contributed by atoms with E-state index < -0.39 is 0 Å². The fourth-order valence-corrected chi connectivity index (χ4v) is 2.66. The Hall–Kier alpha value is -3.09. The molecule has 0 spiro atoms. The van der Waals surface area contributed by atoms with Crippen LogP contribution in [0.25, 0.3) is 11.0 Å². The molecule has 2 N–H and O–H groups in total. The summed E-state index contributed by atoms with van der Waals surface area (Å²) in [5, 5.41) is 10.9. The lowest BCUT2D eigenvalue weighted by Crippen LogP contribution is -2.28. The highest BCUT2D eigenvalue weighted by Crippen LogP contribution is 2.19. The predicted octanol–water partition coefficient (Wildman–Crippen LogP) is 3.40. The molecule has 0 saturated carbocycles. The second-order valence-electron chi connectivity index (χ2n) is 6.69. The van der Waals surface area contributed by atoms with Crippen molar-refractivity contribution in [3.05, 3.63) is 48.3 Å². The highest BCUT2D eigenvalue weighted by Gasteiger charge is 2.09. The average molecular weight is 352 g/mol. The van der Waals surface area contributed by atoms with E-state index in [0.717, 1.165) is 22.3 Å². The van der Waals surface area contributed by atoms with Gasteiger partial charge in [-0.15, -0.1) is 0 Å². The summed E-state index contributed by atoms with van der Waals surface area (Å²) >= 11 is 0. The lowest BCUT2D eigenvalue weighted by atomic mass is 10.2. The Morgan fingerprint density at radius 2 is 1.92 bits per heavy atom. The first kappa shape index (κ1) is 17.7. The van der Waals surface area contributed by atoms with E-state index in [2.05, 4.69) is 34.6 Å². The third kappa shape index (κ3) is 3.93. The van der Waals surface area contributed by atoms with E-state index in [0.29, 0.717) is 12.2 Å². The quantitative estimate of drug-likeness (QED) is 0.738. The number of nitrogens with one attached hydrogen (secondary N) is 2. The number of hydrogen-bond donors (Lipinski definition) is 2. The lowest BCUT2D eigenvalue weighted by Gasteiger charge is -2.13. The van der Waals surface area contributed by atoms with Crippen LogP contribution < -0.4 is 15.5 Å². The van der Waals surface area contributed by atoms with E-state index in [1.807, 2.05) is 54.0 Å². The van der Waals surface area contributed by atoms with Gasteiger partial charge in [-0.1, -0.05) is 12.1 Å². The van der Waals surface area contributed by atoms with E-state index in [4.69, 9.17) is 0 Å². The van der Waals surface area contributed by atoms with Gasteiger partial charge in [-0.25, -0.2) is 14.5 Å². The van der Waals surface area contributed by atoms with E-state index in [1.165, 1.54) is 0 Å². The topological polar surface area (TPSA) is 75.1 Å². The van der Waals surface area contributed by atoms with Crippen molar-refractivity contribution in [3.8, 4) is 0 Å². The number of fused-ring (bicyclic) bond motifs is 1. The van der Waals surface area contributed by atoms with E-state index >= 15 is 0 Å². The summed E-state index contributed by atoms with van der Waals surface area (Å²) < 4.78 is 1.86. The van der Waals surface area contributed by atoms with Gasteiger partial charge in [-0.3, -0.25) is 0 Å². The Morgan fingerprint density at radius 1 is 1.19 bits per heavy atom. The molecule has 2 heterocycles. The summed E-state index contributed by atoms with van der Waals surface area (Å²) in [6, 6.07) is 9.91. The van der Waals surface area contributed by atoms with Crippen molar-refractivity contribution in [2.75, 3.05) is 24.3 Å². The Morgan fingerprint density at radius 3 is 2.58 bits per heavy atom. The minimum atomic E-state index is -0.265. The molecule has 26 heavy (non-hydrogen) atoms. The monoisotopic (exact) mass is 352 g/mol. The van der Waals surface area contributed by atoms with Gasteiger partial charge < -0.3 is 15.5 Å². The molecular formula is C19H24N6O. The number of hydrogen-bond acceptors (Lipinski definition) is 4. The molecule has 2 amide bonds. The third-order valence-electron chi connectivity index (χ3n) is 4.09. The summed E-state index contributed by atoms with van der Waals surface area (Å²) in [6.45, 7) is 4.57. The first-order valence-corrected chi connectivity index (χ1v) is 8.58. The van der Waals surface area contributed by atoms with Crippen LogP contribution >= 0.6 is 0 Å². The van der Waals surface area contributed by atoms with Gasteiger partial charge in [0, 0.05) is 37.8 Å². The fraction of sp³-hybridized carbons (Fsp3) is 0.316. The predicted molar refractivity (Wildman–Crippen MR) is 105 cm³/mol. The van der Waals surface area contributed by atoms with Gasteiger partial charge in [0.05, 0.1) is 18.1 Å². The molecular weight excluding hydrogens is 328 g/mol. The summed E-state index contributed by atoms with van der Waals surface area (Å²) in [4.78, 5) is 18.6. The number of rotatable bonds is 5. The first-order chi connectivity index (χ1) is 12.4. The van der Waals surface area contributed by atoms with Crippen LogP contribution in [-0.2, 0) is 6.54 Å². The van der Waals surface area contributed by atoms with Crippen LogP contribution in [0.1, 0.15) is 25.5 Å². The Kier molecular flexibility index (Phi) is 5.06. The van der Waals surface area contributed by atoms with Crippen LogP contribution in [0.2, 0.25) is 0 Å². The molecule has 7 nitrogen and oxygen atoms in total. The molecule has 136 valence electrons. The van der Waals surface area contributed by atoms with Crippen molar-refractivity contribution in [1.82, 2.24) is 20.1 Å². The molecule has 0 aliphatic heterocycles. The van der Waals surface area contributed by atoms with Gasteiger partial charge >= 0.3 is 6.03 Å². The zero-order valence-corrected chi connectivity index (χ0v) is 15.5. The summed E-state index contributed by atoms with van der Waals surface area (Å²) in [5.74, 6) is 0. The number of carbonyl (C=O) groups is 1. The number of carbonyl (C=O) groups excluding carboxylic acids is 1. The van der Waals surface area contributed by atoms with Crippen LogP contribution in [0.4, 0.5) is 16.2 Å². The molecule has 0 bridgehead atoms. The van der Waals surface area contributed by atoms with Gasteiger partial charge in [0.1, 0.15) is 0 Å². The Labute approximate surface area is 153 Å². The fourth-order valence-electron chi connectivity index (χ4n) is 2.66. The van der Waals surface area contributed by atoms with Crippen molar-refractivity contribution < 1.29 is 4.79 Å². The summed E-state index contributed by atoms with van der Waals surface area (Å²) in [7, 11) is 3.99. The van der Waals surface area contributed by atoms with E-state index in [9.17, 15) is 4.79 Å². The van der Waals surface area contributed by atoms with Crippen molar-refractivity contribution in [3.63, 3.8) is 0 Å². The van der Waals surface area contributed by atoms with Crippen LogP contribution in [-0.4, -0.2) is 34.9 Å². The summed E-state index contributed by atoms with van der Waals surface area (Å²) in [5.41, 5.74) is 3.62. The smallest absolute Gasteiger partial charge is 0.319 e. The maximum atomic E-state index is 12.1. The van der Waals surface area contributed by atoms with Gasteiger partial charge in [-0.2, -0.15) is 5.10 Å². The van der Waals surface area contributed by atoms with Crippen LogP contribution in [0.3, 0.4) is 0 Å². The lowest BCUT2D eigenvalue weighted by molar-refractivity contribution is 0.251. The van der Waals surface area contributed by atoms with Crippen LogP contribution in [0.5, 0.6) is 0 Å². The summed E-state index contributed by atoms with van der Waals surface area (Å²) in [6.07, 6.45) is 3.41. The molecule has 0 radical (unpaired) electrons. The standard InChI is InChI=1S/C19H24N6O/c1-13(2)25-18-15(11-22-25)9-16(12-20-18)23-19(26)21-10-14-5-7-17(8-6-14)24(3)4/h5-9,11-13H,10H2,1-4H3,(H2,21,23,26). The molecule has 0 fully saturated rings.